The van der Waals surface area contributed by atoms with E-state index in [2.05, 4.69) is 19.9 Å². The lowest BCUT2D eigenvalue weighted by molar-refractivity contribution is -0.128. The van der Waals surface area contributed by atoms with Crippen LogP contribution >= 0.6 is 11.6 Å². The zero-order valence-corrected chi connectivity index (χ0v) is 24.5. The van der Waals surface area contributed by atoms with Crippen LogP contribution in [0.4, 0.5) is 14.7 Å². The smallest absolute Gasteiger partial charge is 0.277 e. The molecule has 2 fully saturated rings. The molecular weight excluding hydrogens is 580 g/mol. The van der Waals surface area contributed by atoms with Gasteiger partial charge in [-0.2, -0.15) is 0 Å². The molecular formula is C30H28ClF2N7O3. The Kier molecular flexibility index (Phi) is 7.33. The van der Waals surface area contributed by atoms with Crippen molar-refractivity contribution >= 4 is 23.5 Å². The average Bonchev–Trinajstić information content (AvgIpc) is 3.42. The zero-order valence-electron chi connectivity index (χ0n) is 23.8. The number of hydrogen-bond acceptors (Lipinski definition) is 8. The molecule has 0 aromatic carbocycles. The number of amides is 1. The molecule has 6 heterocycles. The molecule has 0 saturated carbocycles. The van der Waals surface area contributed by atoms with E-state index in [4.69, 9.17) is 21.3 Å². The molecule has 13 heteroatoms. The fraction of sp³-hybridized carbons (Fsp3) is 0.333. The lowest BCUT2D eigenvalue weighted by Crippen LogP contribution is -2.58. The SMILES string of the molecule is CC(=O)N1CCC2(C1)CN(c1nccc(-c3cc(-n4c(C)cc(OCc5ncc(F)cc5F)c(Cl)c4=O)c(C)cn3)n1)C2. The van der Waals surface area contributed by atoms with Gasteiger partial charge in [0.25, 0.3) is 5.56 Å². The largest absolute Gasteiger partial charge is 0.485 e. The predicted octanol–water partition coefficient (Wildman–Crippen LogP) is 4.27. The zero-order chi connectivity index (χ0) is 30.5. The Morgan fingerprint density at radius 1 is 1.07 bits per heavy atom. The Balaban J connectivity index is 1.24. The molecule has 0 atom stereocenters. The van der Waals surface area contributed by atoms with Gasteiger partial charge in [0.1, 0.15) is 28.9 Å². The number of carbonyl (C=O) groups is 1. The first-order chi connectivity index (χ1) is 20.5. The van der Waals surface area contributed by atoms with Crippen molar-refractivity contribution in [3.63, 3.8) is 0 Å². The summed E-state index contributed by atoms with van der Waals surface area (Å²) in [5.74, 6) is -0.924. The lowest BCUT2D eigenvalue weighted by Gasteiger charge is -2.47. The van der Waals surface area contributed by atoms with Crippen LogP contribution < -0.4 is 15.2 Å². The van der Waals surface area contributed by atoms with Crippen LogP contribution in [0, 0.1) is 30.9 Å². The van der Waals surface area contributed by atoms with Gasteiger partial charge in [-0.05, 0) is 38.0 Å². The van der Waals surface area contributed by atoms with Gasteiger partial charge >= 0.3 is 0 Å². The molecule has 0 bridgehead atoms. The number of carbonyl (C=O) groups excluding carboxylic acids is 1. The second-order valence-corrected chi connectivity index (χ2v) is 11.5. The van der Waals surface area contributed by atoms with Crippen LogP contribution in [0.15, 0.2) is 47.7 Å². The van der Waals surface area contributed by atoms with E-state index < -0.39 is 17.2 Å². The summed E-state index contributed by atoms with van der Waals surface area (Å²) in [5.41, 5.74) is 2.37. The summed E-state index contributed by atoms with van der Waals surface area (Å²) in [7, 11) is 0. The highest BCUT2D eigenvalue weighted by Crippen LogP contribution is 2.41. The monoisotopic (exact) mass is 607 g/mol. The minimum atomic E-state index is -0.860. The number of hydrogen-bond donors (Lipinski definition) is 0. The number of ether oxygens (including phenoxy) is 1. The molecule has 6 rings (SSSR count). The second kappa shape index (κ2) is 11.0. The topological polar surface area (TPSA) is 106 Å². The van der Waals surface area contributed by atoms with E-state index in [9.17, 15) is 18.4 Å². The number of pyridine rings is 3. The summed E-state index contributed by atoms with van der Waals surface area (Å²) < 4.78 is 34.3. The Labute approximate surface area is 251 Å². The Morgan fingerprint density at radius 2 is 1.86 bits per heavy atom. The van der Waals surface area contributed by atoms with Gasteiger partial charge in [0, 0.05) is 68.7 Å². The fourth-order valence-corrected chi connectivity index (χ4v) is 5.88. The van der Waals surface area contributed by atoms with Crippen LogP contribution in [0.25, 0.3) is 17.1 Å². The molecule has 222 valence electrons. The molecule has 0 radical (unpaired) electrons. The molecule has 2 saturated heterocycles. The van der Waals surface area contributed by atoms with Gasteiger partial charge in [-0.3, -0.25) is 24.1 Å². The molecule has 1 amide bonds. The van der Waals surface area contributed by atoms with Crippen LogP contribution in [0.1, 0.15) is 30.3 Å². The highest BCUT2D eigenvalue weighted by molar-refractivity contribution is 6.31. The van der Waals surface area contributed by atoms with Crippen molar-refractivity contribution in [3.8, 4) is 22.8 Å². The van der Waals surface area contributed by atoms with Crippen molar-refractivity contribution in [1.82, 2.24) is 29.4 Å². The molecule has 10 nitrogen and oxygen atoms in total. The predicted molar refractivity (Wildman–Crippen MR) is 155 cm³/mol. The third-order valence-corrected chi connectivity index (χ3v) is 8.34. The Morgan fingerprint density at radius 3 is 2.58 bits per heavy atom. The number of likely N-dealkylation sites (tertiary alicyclic amines) is 1. The number of aryl methyl sites for hydroxylation is 2. The van der Waals surface area contributed by atoms with Gasteiger partial charge in [0.05, 0.1) is 23.3 Å². The van der Waals surface area contributed by atoms with E-state index >= 15 is 0 Å². The minimum absolute atomic E-state index is 0.0549. The summed E-state index contributed by atoms with van der Waals surface area (Å²) in [5, 5.41) is -0.197. The lowest BCUT2D eigenvalue weighted by atomic mass is 9.79. The van der Waals surface area contributed by atoms with Crippen molar-refractivity contribution in [2.24, 2.45) is 5.41 Å². The van der Waals surface area contributed by atoms with Gasteiger partial charge < -0.3 is 14.5 Å². The maximum Gasteiger partial charge on any atom is 0.277 e. The van der Waals surface area contributed by atoms with E-state index in [1.54, 1.807) is 44.4 Å². The van der Waals surface area contributed by atoms with Gasteiger partial charge in [0.2, 0.25) is 11.9 Å². The van der Waals surface area contributed by atoms with E-state index in [1.165, 1.54) is 4.57 Å². The summed E-state index contributed by atoms with van der Waals surface area (Å²) in [6.07, 6.45) is 5.19. The van der Waals surface area contributed by atoms with Crippen molar-refractivity contribution in [1.29, 1.82) is 0 Å². The van der Waals surface area contributed by atoms with Crippen LogP contribution in [0.3, 0.4) is 0 Å². The number of anilines is 1. The number of nitrogens with zero attached hydrogens (tertiary/aromatic N) is 7. The maximum atomic E-state index is 14.0. The maximum absolute atomic E-state index is 14.0. The molecule has 4 aromatic heterocycles. The first-order valence-electron chi connectivity index (χ1n) is 13.7. The normalized spacial score (nSPS) is 15.6. The standard InChI is InChI=1S/C30H28ClF2N7O3/c1-17-11-35-23(22-4-6-34-29(37-22)39-15-30(16-39)5-7-38(14-30)19(3)41)10-25(17)40-18(2)8-26(27(31)28(40)42)43-13-24-21(33)9-20(32)12-36-24/h4,6,8-12H,5,7,13-16H2,1-3H3. The summed E-state index contributed by atoms with van der Waals surface area (Å²) >= 11 is 6.42. The highest BCUT2D eigenvalue weighted by Gasteiger charge is 2.49. The van der Waals surface area contributed by atoms with Crippen LogP contribution in [-0.4, -0.2) is 61.5 Å². The second-order valence-electron chi connectivity index (χ2n) is 11.1. The van der Waals surface area contributed by atoms with E-state index in [0.29, 0.717) is 34.8 Å². The molecule has 2 aliphatic heterocycles. The molecule has 1 spiro atoms. The molecule has 0 unspecified atom stereocenters. The molecule has 0 aliphatic carbocycles. The first kappa shape index (κ1) is 28.7. The Hall–Kier alpha value is -4.45. The van der Waals surface area contributed by atoms with Crippen LogP contribution in [0.2, 0.25) is 5.02 Å². The van der Waals surface area contributed by atoms with E-state index in [1.807, 2.05) is 11.8 Å². The van der Waals surface area contributed by atoms with Gasteiger partial charge in [-0.1, -0.05) is 11.6 Å². The molecule has 43 heavy (non-hydrogen) atoms. The summed E-state index contributed by atoms with van der Waals surface area (Å²) in [6, 6.07) is 5.81. The molecule has 0 N–H and O–H groups in total. The van der Waals surface area contributed by atoms with Crippen LogP contribution in [-0.2, 0) is 11.4 Å². The summed E-state index contributed by atoms with van der Waals surface area (Å²) in [6.45, 7) is 7.90. The average molecular weight is 608 g/mol. The number of rotatable bonds is 6. The van der Waals surface area contributed by atoms with Crippen LogP contribution in [0.5, 0.6) is 5.75 Å². The molecule has 2 aliphatic rings. The van der Waals surface area contributed by atoms with Crippen molar-refractivity contribution < 1.29 is 18.3 Å². The number of halogens is 3. The minimum Gasteiger partial charge on any atom is -0.485 e. The van der Waals surface area contributed by atoms with Crippen molar-refractivity contribution in [3.05, 3.63) is 86.8 Å². The Bertz CT molecular complexity index is 1810. The van der Waals surface area contributed by atoms with Gasteiger partial charge in [-0.15, -0.1) is 0 Å². The first-order valence-corrected chi connectivity index (χ1v) is 14.1. The van der Waals surface area contributed by atoms with Gasteiger partial charge in [0.15, 0.2) is 5.82 Å². The number of aromatic nitrogens is 5. The van der Waals surface area contributed by atoms with E-state index in [0.717, 1.165) is 44.4 Å². The summed E-state index contributed by atoms with van der Waals surface area (Å²) in [4.78, 5) is 46.7. The third kappa shape index (κ3) is 5.42. The molecule has 4 aromatic rings. The third-order valence-electron chi connectivity index (χ3n) is 7.99. The van der Waals surface area contributed by atoms with Crippen molar-refractivity contribution in [2.45, 2.75) is 33.8 Å². The quantitative estimate of drug-likeness (QED) is 0.320. The van der Waals surface area contributed by atoms with E-state index in [-0.39, 0.29) is 34.4 Å². The van der Waals surface area contributed by atoms with Crippen molar-refractivity contribution in [2.75, 3.05) is 31.1 Å². The fourth-order valence-electron chi connectivity index (χ4n) is 5.69. The van der Waals surface area contributed by atoms with Gasteiger partial charge in [-0.25, -0.2) is 18.7 Å². The highest BCUT2D eigenvalue weighted by atomic mass is 35.5.